The van der Waals surface area contributed by atoms with Crippen LogP contribution in [0.2, 0.25) is 0 Å². The van der Waals surface area contributed by atoms with Crippen molar-refractivity contribution >= 4 is 12.0 Å². The van der Waals surface area contributed by atoms with Gasteiger partial charge >= 0.3 is 12.0 Å². The molecule has 0 radical (unpaired) electrons. The van der Waals surface area contributed by atoms with E-state index in [0.717, 1.165) is 38.5 Å². The van der Waals surface area contributed by atoms with E-state index >= 15 is 0 Å². The van der Waals surface area contributed by atoms with Crippen molar-refractivity contribution in [2.75, 3.05) is 13.1 Å². The predicted molar refractivity (Wildman–Crippen MR) is 69.4 cm³/mol. The summed E-state index contributed by atoms with van der Waals surface area (Å²) in [4.78, 5) is 22.2. The molecule has 0 saturated heterocycles. The van der Waals surface area contributed by atoms with Gasteiger partial charge in [0.05, 0.1) is 5.92 Å². The molecule has 0 aromatic rings. The average molecular weight is 256 g/mol. The smallest absolute Gasteiger partial charge is 0.314 e. The van der Waals surface area contributed by atoms with Crippen molar-refractivity contribution in [1.82, 2.24) is 10.6 Å². The lowest BCUT2D eigenvalue weighted by atomic mass is 9.82. The lowest BCUT2D eigenvalue weighted by Crippen LogP contribution is -2.39. The third-order valence-corrected chi connectivity index (χ3v) is 3.56. The molecule has 5 heteroatoms. The van der Waals surface area contributed by atoms with E-state index in [1.165, 1.54) is 0 Å². The van der Waals surface area contributed by atoms with E-state index in [1.54, 1.807) is 0 Å². The number of hydrogen-bond acceptors (Lipinski definition) is 2. The zero-order chi connectivity index (χ0) is 13.4. The van der Waals surface area contributed by atoms with Crippen molar-refractivity contribution in [1.29, 1.82) is 0 Å². The second-order valence-electron chi connectivity index (χ2n) is 5.05. The minimum Gasteiger partial charge on any atom is -0.481 e. The number of carboxylic acid groups (broad SMARTS) is 1. The van der Waals surface area contributed by atoms with E-state index in [0.29, 0.717) is 19.0 Å². The first-order valence-corrected chi connectivity index (χ1v) is 6.88. The van der Waals surface area contributed by atoms with Gasteiger partial charge in [0.25, 0.3) is 0 Å². The second-order valence-corrected chi connectivity index (χ2v) is 5.05. The third kappa shape index (κ3) is 5.38. The van der Waals surface area contributed by atoms with Gasteiger partial charge in [0.15, 0.2) is 0 Å². The number of carboxylic acids is 1. The van der Waals surface area contributed by atoms with Crippen LogP contribution >= 0.6 is 0 Å². The molecule has 3 N–H and O–H groups in total. The van der Waals surface area contributed by atoms with Gasteiger partial charge in [-0.25, -0.2) is 4.79 Å². The van der Waals surface area contributed by atoms with Crippen LogP contribution in [-0.2, 0) is 4.79 Å². The standard InChI is InChI=1S/C13H24N2O3/c1-2-3-8-14-13(18)15-9-10-4-6-11(7-5-10)12(16)17/h10-11H,2-9H2,1H3,(H,16,17)(H2,14,15,18)/t10-,11-. The highest BCUT2D eigenvalue weighted by Crippen LogP contribution is 2.28. The SMILES string of the molecule is CCCCNC(=O)NC[C@H]1CC[C@H](C(=O)O)CC1. The number of amides is 2. The molecule has 0 aliphatic heterocycles. The Bertz CT molecular complexity index is 273. The quantitative estimate of drug-likeness (QED) is 0.636. The van der Waals surface area contributed by atoms with Crippen LogP contribution in [0.15, 0.2) is 0 Å². The molecular formula is C13H24N2O3. The maximum Gasteiger partial charge on any atom is 0.314 e. The van der Waals surface area contributed by atoms with Crippen LogP contribution in [0.25, 0.3) is 0 Å². The van der Waals surface area contributed by atoms with E-state index in [2.05, 4.69) is 17.6 Å². The van der Waals surface area contributed by atoms with Crippen molar-refractivity contribution in [3.63, 3.8) is 0 Å². The number of unbranched alkanes of at least 4 members (excludes halogenated alkanes) is 1. The van der Waals surface area contributed by atoms with Crippen LogP contribution in [0.5, 0.6) is 0 Å². The molecule has 0 heterocycles. The lowest BCUT2D eigenvalue weighted by molar-refractivity contribution is -0.143. The van der Waals surface area contributed by atoms with E-state index < -0.39 is 5.97 Å². The van der Waals surface area contributed by atoms with Gasteiger partial charge in [-0.15, -0.1) is 0 Å². The summed E-state index contributed by atoms with van der Waals surface area (Å²) in [5.41, 5.74) is 0. The predicted octanol–water partition coefficient (Wildman–Crippen LogP) is 1.98. The first-order valence-electron chi connectivity index (χ1n) is 6.88. The highest BCUT2D eigenvalue weighted by Gasteiger charge is 2.25. The summed E-state index contributed by atoms with van der Waals surface area (Å²) >= 11 is 0. The fourth-order valence-electron chi connectivity index (χ4n) is 2.29. The van der Waals surface area contributed by atoms with Gasteiger partial charge in [-0.05, 0) is 38.0 Å². The fraction of sp³-hybridized carbons (Fsp3) is 0.846. The molecule has 104 valence electrons. The monoisotopic (exact) mass is 256 g/mol. The molecule has 1 saturated carbocycles. The number of nitrogens with one attached hydrogen (secondary N) is 2. The van der Waals surface area contributed by atoms with Crippen LogP contribution in [0.4, 0.5) is 4.79 Å². The average Bonchev–Trinajstić information content (AvgIpc) is 2.37. The van der Waals surface area contributed by atoms with Gasteiger partial charge in [0.1, 0.15) is 0 Å². The first kappa shape index (κ1) is 14.8. The molecule has 2 amide bonds. The minimum absolute atomic E-state index is 0.108. The number of rotatable bonds is 6. The zero-order valence-electron chi connectivity index (χ0n) is 11.1. The van der Waals surface area contributed by atoms with Crippen molar-refractivity contribution in [3.05, 3.63) is 0 Å². The molecule has 0 aromatic carbocycles. The largest absolute Gasteiger partial charge is 0.481 e. The van der Waals surface area contributed by atoms with Crippen LogP contribution in [0.3, 0.4) is 0 Å². The summed E-state index contributed by atoms with van der Waals surface area (Å²) < 4.78 is 0. The van der Waals surface area contributed by atoms with Gasteiger partial charge in [-0.3, -0.25) is 4.79 Å². The molecule has 0 spiro atoms. The van der Waals surface area contributed by atoms with Gasteiger partial charge in [-0.2, -0.15) is 0 Å². The Morgan fingerprint density at radius 2 is 1.83 bits per heavy atom. The van der Waals surface area contributed by atoms with Gasteiger partial charge in [0.2, 0.25) is 0 Å². The Hall–Kier alpha value is -1.26. The fourth-order valence-corrected chi connectivity index (χ4v) is 2.29. The Morgan fingerprint density at radius 1 is 1.17 bits per heavy atom. The molecule has 5 nitrogen and oxygen atoms in total. The summed E-state index contributed by atoms with van der Waals surface area (Å²) in [6, 6.07) is -0.108. The summed E-state index contributed by atoms with van der Waals surface area (Å²) in [6.07, 6.45) is 5.33. The van der Waals surface area contributed by atoms with Crippen LogP contribution in [0.1, 0.15) is 45.4 Å². The topological polar surface area (TPSA) is 78.4 Å². The number of carbonyl (C=O) groups excluding carboxylic acids is 1. The van der Waals surface area contributed by atoms with E-state index in [-0.39, 0.29) is 11.9 Å². The van der Waals surface area contributed by atoms with Crippen LogP contribution in [-0.4, -0.2) is 30.2 Å². The van der Waals surface area contributed by atoms with Crippen LogP contribution in [0, 0.1) is 11.8 Å². The molecule has 1 rings (SSSR count). The molecule has 18 heavy (non-hydrogen) atoms. The van der Waals surface area contributed by atoms with Crippen molar-refractivity contribution < 1.29 is 14.7 Å². The summed E-state index contributed by atoms with van der Waals surface area (Å²) in [5, 5.41) is 14.5. The van der Waals surface area contributed by atoms with Gasteiger partial charge in [-0.1, -0.05) is 13.3 Å². The highest BCUT2D eigenvalue weighted by atomic mass is 16.4. The molecule has 0 aromatic heterocycles. The third-order valence-electron chi connectivity index (χ3n) is 3.56. The Balaban J connectivity index is 2.10. The van der Waals surface area contributed by atoms with E-state index in [9.17, 15) is 9.59 Å². The molecule has 0 atom stereocenters. The van der Waals surface area contributed by atoms with Gasteiger partial charge < -0.3 is 15.7 Å². The maximum absolute atomic E-state index is 11.4. The van der Waals surface area contributed by atoms with Crippen molar-refractivity contribution in [2.24, 2.45) is 11.8 Å². The van der Waals surface area contributed by atoms with E-state index in [4.69, 9.17) is 5.11 Å². The Morgan fingerprint density at radius 3 is 2.39 bits per heavy atom. The highest BCUT2D eigenvalue weighted by molar-refractivity contribution is 5.73. The number of hydrogen-bond donors (Lipinski definition) is 3. The number of aliphatic carboxylic acids is 1. The maximum atomic E-state index is 11.4. The zero-order valence-corrected chi connectivity index (χ0v) is 11.1. The normalized spacial score (nSPS) is 23.4. The molecule has 0 unspecified atom stereocenters. The summed E-state index contributed by atoms with van der Waals surface area (Å²) in [7, 11) is 0. The molecular weight excluding hydrogens is 232 g/mol. The van der Waals surface area contributed by atoms with Gasteiger partial charge in [0, 0.05) is 13.1 Å². The van der Waals surface area contributed by atoms with Crippen molar-refractivity contribution in [3.8, 4) is 0 Å². The molecule has 1 aliphatic rings. The summed E-state index contributed by atoms with van der Waals surface area (Å²) in [5.74, 6) is -0.434. The molecule has 1 aliphatic carbocycles. The number of urea groups is 1. The van der Waals surface area contributed by atoms with Crippen molar-refractivity contribution in [2.45, 2.75) is 45.4 Å². The summed E-state index contributed by atoms with van der Waals surface area (Å²) in [6.45, 7) is 3.46. The molecule has 0 bridgehead atoms. The second kappa shape index (κ2) is 7.95. The lowest BCUT2D eigenvalue weighted by Gasteiger charge is -2.26. The first-order chi connectivity index (χ1) is 8.63. The van der Waals surface area contributed by atoms with E-state index in [1.807, 2.05) is 0 Å². The number of carbonyl (C=O) groups is 2. The Kier molecular flexibility index (Phi) is 6.54. The molecule has 1 fully saturated rings. The minimum atomic E-state index is -0.682. The van der Waals surface area contributed by atoms with Crippen LogP contribution < -0.4 is 10.6 Å². The Labute approximate surface area is 108 Å².